The molecule has 2 aromatic carbocycles. The minimum absolute atomic E-state index is 0.249. The molecule has 2 N–H and O–H groups in total. The predicted octanol–water partition coefficient (Wildman–Crippen LogP) is 3.16. The van der Waals surface area contributed by atoms with Crippen molar-refractivity contribution in [1.82, 2.24) is 0 Å². The van der Waals surface area contributed by atoms with E-state index in [-0.39, 0.29) is 5.75 Å². The van der Waals surface area contributed by atoms with E-state index in [0.717, 1.165) is 19.9 Å². The van der Waals surface area contributed by atoms with Gasteiger partial charge in [-0.1, -0.05) is 6.07 Å². The van der Waals surface area contributed by atoms with Crippen LogP contribution in [0.15, 0.2) is 24.3 Å². The molecule has 0 aromatic heterocycles. The van der Waals surface area contributed by atoms with Gasteiger partial charge in [0.2, 0.25) is 0 Å². The maximum Gasteiger partial charge on any atom is 0.132 e. The number of halogens is 1. The quantitative estimate of drug-likeness (QED) is 0.734. The minimum Gasteiger partial charge on any atom is -0.508 e. The average Bonchev–Trinajstić information content (AvgIpc) is 2.14. The molecule has 2 nitrogen and oxygen atoms in total. The standard InChI is InChI=1S/C11H9IO2/c1-6-9-3-2-8(13)4-7(9)5-10(12)11(6)14/h2-5,13-14H,1H3. The normalized spacial score (nSPS) is 10.7. The summed E-state index contributed by atoms with van der Waals surface area (Å²) in [4.78, 5) is 0. The zero-order valence-corrected chi connectivity index (χ0v) is 9.74. The molecule has 0 saturated carbocycles. The fourth-order valence-electron chi connectivity index (χ4n) is 1.52. The highest BCUT2D eigenvalue weighted by atomic mass is 127. The fourth-order valence-corrected chi connectivity index (χ4v) is 2.26. The second-order valence-corrected chi connectivity index (χ2v) is 4.40. The van der Waals surface area contributed by atoms with Crippen molar-refractivity contribution in [3.8, 4) is 11.5 Å². The van der Waals surface area contributed by atoms with Crippen LogP contribution in [0, 0.1) is 10.5 Å². The Morgan fingerprint density at radius 1 is 1.14 bits per heavy atom. The van der Waals surface area contributed by atoms with Crippen molar-refractivity contribution in [2.45, 2.75) is 6.92 Å². The van der Waals surface area contributed by atoms with E-state index in [1.54, 1.807) is 12.1 Å². The maximum atomic E-state index is 9.70. The zero-order chi connectivity index (χ0) is 10.3. The first-order valence-corrected chi connectivity index (χ1v) is 5.28. The topological polar surface area (TPSA) is 40.5 Å². The van der Waals surface area contributed by atoms with Crippen molar-refractivity contribution in [2.75, 3.05) is 0 Å². The van der Waals surface area contributed by atoms with Crippen LogP contribution in [0.25, 0.3) is 10.8 Å². The number of aryl methyl sites for hydroxylation is 1. The fraction of sp³-hybridized carbons (Fsp3) is 0.0909. The number of benzene rings is 2. The zero-order valence-electron chi connectivity index (χ0n) is 7.58. The molecule has 0 unspecified atom stereocenters. The smallest absolute Gasteiger partial charge is 0.132 e. The van der Waals surface area contributed by atoms with Gasteiger partial charge in [0, 0.05) is 0 Å². The van der Waals surface area contributed by atoms with Gasteiger partial charge < -0.3 is 10.2 Å². The second-order valence-electron chi connectivity index (χ2n) is 3.24. The third-order valence-electron chi connectivity index (χ3n) is 2.30. The summed E-state index contributed by atoms with van der Waals surface area (Å²) in [5.74, 6) is 0.571. The maximum absolute atomic E-state index is 9.70. The summed E-state index contributed by atoms with van der Waals surface area (Å²) in [6.07, 6.45) is 0. The third kappa shape index (κ3) is 1.41. The Hall–Kier alpha value is -0.970. The SMILES string of the molecule is Cc1c(O)c(I)cc2cc(O)ccc12. The Kier molecular flexibility index (Phi) is 2.26. The Balaban J connectivity index is 2.91. The van der Waals surface area contributed by atoms with E-state index in [4.69, 9.17) is 0 Å². The van der Waals surface area contributed by atoms with E-state index in [2.05, 4.69) is 22.6 Å². The second kappa shape index (κ2) is 3.31. The molecule has 0 aliphatic carbocycles. The van der Waals surface area contributed by atoms with Crippen molar-refractivity contribution in [2.24, 2.45) is 0 Å². The molecular formula is C11H9IO2. The van der Waals surface area contributed by atoms with Gasteiger partial charge in [0.15, 0.2) is 0 Å². The molecule has 2 aromatic rings. The molecule has 0 atom stereocenters. The Morgan fingerprint density at radius 2 is 1.86 bits per heavy atom. The first-order valence-electron chi connectivity index (χ1n) is 4.20. The van der Waals surface area contributed by atoms with Crippen LogP contribution in [0.4, 0.5) is 0 Å². The Bertz CT molecular complexity index is 506. The number of hydrogen-bond donors (Lipinski definition) is 2. The van der Waals surface area contributed by atoms with E-state index < -0.39 is 0 Å². The van der Waals surface area contributed by atoms with Crippen molar-refractivity contribution in [3.63, 3.8) is 0 Å². The van der Waals surface area contributed by atoms with Crippen LogP contribution in [-0.4, -0.2) is 10.2 Å². The summed E-state index contributed by atoms with van der Waals surface area (Å²) in [7, 11) is 0. The number of phenols is 2. The van der Waals surface area contributed by atoms with E-state index >= 15 is 0 Å². The molecule has 0 spiro atoms. The number of rotatable bonds is 0. The highest BCUT2D eigenvalue weighted by molar-refractivity contribution is 14.1. The lowest BCUT2D eigenvalue weighted by Crippen LogP contribution is -1.83. The van der Waals surface area contributed by atoms with Crippen LogP contribution in [0.3, 0.4) is 0 Å². The van der Waals surface area contributed by atoms with Gasteiger partial charge in [-0.2, -0.15) is 0 Å². The lowest BCUT2D eigenvalue weighted by Gasteiger charge is -2.07. The molecule has 72 valence electrons. The molecule has 0 bridgehead atoms. The van der Waals surface area contributed by atoms with Gasteiger partial charge in [0.25, 0.3) is 0 Å². The van der Waals surface area contributed by atoms with Crippen LogP contribution in [0.2, 0.25) is 0 Å². The molecule has 2 rings (SSSR count). The van der Waals surface area contributed by atoms with Crippen LogP contribution in [0.1, 0.15) is 5.56 Å². The molecule has 0 saturated heterocycles. The van der Waals surface area contributed by atoms with Gasteiger partial charge >= 0.3 is 0 Å². The predicted molar refractivity (Wildman–Crippen MR) is 64.7 cm³/mol. The van der Waals surface area contributed by atoms with E-state index in [1.807, 2.05) is 19.1 Å². The van der Waals surface area contributed by atoms with Gasteiger partial charge in [-0.25, -0.2) is 0 Å². The van der Waals surface area contributed by atoms with E-state index in [1.165, 1.54) is 0 Å². The van der Waals surface area contributed by atoms with Crippen LogP contribution in [0.5, 0.6) is 11.5 Å². The largest absolute Gasteiger partial charge is 0.508 e. The highest BCUT2D eigenvalue weighted by Crippen LogP contribution is 2.32. The van der Waals surface area contributed by atoms with Gasteiger partial charge in [0.05, 0.1) is 3.57 Å². The van der Waals surface area contributed by atoms with Crippen molar-refractivity contribution in [1.29, 1.82) is 0 Å². The van der Waals surface area contributed by atoms with E-state index in [9.17, 15) is 10.2 Å². The monoisotopic (exact) mass is 300 g/mol. The summed E-state index contributed by atoms with van der Waals surface area (Å²) in [5.41, 5.74) is 0.854. The molecule has 0 radical (unpaired) electrons. The number of hydrogen-bond acceptors (Lipinski definition) is 2. The molecule has 14 heavy (non-hydrogen) atoms. The summed E-state index contributed by atoms with van der Waals surface area (Å²) < 4.78 is 0.804. The third-order valence-corrected chi connectivity index (χ3v) is 3.13. The van der Waals surface area contributed by atoms with Crippen LogP contribution >= 0.6 is 22.6 Å². The van der Waals surface area contributed by atoms with E-state index in [0.29, 0.717) is 5.75 Å². The first-order chi connectivity index (χ1) is 6.59. The number of fused-ring (bicyclic) bond motifs is 1. The molecule has 3 heteroatoms. The Morgan fingerprint density at radius 3 is 2.57 bits per heavy atom. The summed E-state index contributed by atoms with van der Waals surface area (Å²) >= 11 is 2.08. The van der Waals surface area contributed by atoms with Crippen molar-refractivity contribution < 1.29 is 10.2 Å². The molecule has 0 aliphatic rings. The summed E-state index contributed by atoms with van der Waals surface area (Å²) in [6.45, 7) is 1.87. The summed E-state index contributed by atoms with van der Waals surface area (Å²) in [6, 6.07) is 7.00. The van der Waals surface area contributed by atoms with Crippen molar-refractivity contribution in [3.05, 3.63) is 33.4 Å². The van der Waals surface area contributed by atoms with Crippen LogP contribution in [-0.2, 0) is 0 Å². The van der Waals surface area contributed by atoms with Crippen LogP contribution < -0.4 is 0 Å². The first kappa shape index (κ1) is 9.58. The Labute approximate surface area is 95.3 Å². The molecular weight excluding hydrogens is 291 g/mol. The van der Waals surface area contributed by atoms with Crippen molar-refractivity contribution >= 4 is 33.4 Å². The average molecular weight is 300 g/mol. The number of phenolic OH excluding ortho intramolecular Hbond substituents is 2. The molecule has 0 heterocycles. The lowest BCUT2D eigenvalue weighted by molar-refractivity contribution is 0.468. The molecule has 0 amide bonds. The lowest BCUT2D eigenvalue weighted by atomic mass is 10.0. The molecule has 0 aliphatic heterocycles. The number of aromatic hydroxyl groups is 2. The van der Waals surface area contributed by atoms with Gasteiger partial charge in [-0.05, 0) is 64.0 Å². The van der Waals surface area contributed by atoms with Gasteiger partial charge in [0.1, 0.15) is 11.5 Å². The summed E-state index contributed by atoms with van der Waals surface area (Å²) in [5, 5.41) is 20.9. The molecule has 0 fully saturated rings. The highest BCUT2D eigenvalue weighted by Gasteiger charge is 2.07. The van der Waals surface area contributed by atoms with Gasteiger partial charge in [-0.15, -0.1) is 0 Å². The minimum atomic E-state index is 0.249. The van der Waals surface area contributed by atoms with Gasteiger partial charge in [-0.3, -0.25) is 0 Å².